The van der Waals surface area contributed by atoms with Crippen molar-refractivity contribution in [2.24, 2.45) is 0 Å². The maximum absolute atomic E-state index is 12.9. The SMILES string of the molecule is CC(=O)N[C@@H](CC(=O)OCC(=O)c1cc(C)n(-c2ccc3c(c2)OCO3)c1C)c1ccccc1Cl. The number of rotatable bonds is 8. The molecular weight excluding hydrogens is 472 g/mol. The number of benzene rings is 2. The Bertz CT molecular complexity index is 1300. The molecule has 1 aliphatic heterocycles. The van der Waals surface area contributed by atoms with Gasteiger partial charge in [0, 0.05) is 40.7 Å². The van der Waals surface area contributed by atoms with Crippen molar-refractivity contribution in [2.45, 2.75) is 33.2 Å². The summed E-state index contributed by atoms with van der Waals surface area (Å²) in [5.41, 5.74) is 3.45. The molecule has 4 rings (SSSR count). The average Bonchev–Trinajstić information content (AvgIpc) is 3.40. The van der Waals surface area contributed by atoms with E-state index in [-0.39, 0.29) is 24.9 Å². The van der Waals surface area contributed by atoms with Crippen LogP contribution in [0.1, 0.15) is 46.7 Å². The van der Waals surface area contributed by atoms with Crippen molar-refractivity contribution in [3.05, 3.63) is 76.1 Å². The van der Waals surface area contributed by atoms with Gasteiger partial charge in [0.2, 0.25) is 18.5 Å². The first-order valence-electron chi connectivity index (χ1n) is 11.0. The van der Waals surface area contributed by atoms with Gasteiger partial charge in [-0.3, -0.25) is 14.4 Å². The summed E-state index contributed by atoms with van der Waals surface area (Å²) >= 11 is 6.23. The third-order valence-corrected chi connectivity index (χ3v) is 6.08. The molecule has 0 fully saturated rings. The van der Waals surface area contributed by atoms with Crippen molar-refractivity contribution in [3.8, 4) is 17.2 Å². The normalized spacial score (nSPS) is 12.8. The molecule has 2 heterocycles. The topological polar surface area (TPSA) is 95.9 Å². The van der Waals surface area contributed by atoms with Crippen LogP contribution < -0.4 is 14.8 Å². The Morgan fingerprint density at radius 2 is 1.83 bits per heavy atom. The van der Waals surface area contributed by atoms with Crippen LogP contribution in [-0.4, -0.2) is 35.6 Å². The molecule has 1 aromatic heterocycles. The van der Waals surface area contributed by atoms with E-state index in [2.05, 4.69) is 5.32 Å². The number of esters is 1. The zero-order valence-corrected chi connectivity index (χ0v) is 20.3. The van der Waals surface area contributed by atoms with E-state index >= 15 is 0 Å². The summed E-state index contributed by atoms with van der Waals surface area (Å²) in [6.07, 6.45) is -0.160. The zero-order valence-electron chi connectivity index (χ0n) is 19.6. The number of aromatic nitrogens is 1. The first-order chi connectivity index (χ1) is 16.7. The van der Waals surface area contributed by atoms with E-state index in [9.17, 15) is 14.4 Å². The molecule has 0 spiro atoms. The van der Waals surface area contributed by atoms with Gasteiger partial charge in [-0.1, -0.05) is 29.8 Å². The van der Waals surface area contributed by atoms with Crippen molar-refractivity contribution < 1.29 is 28.6 Å². The first-order valence-corrected chi connectivity index (χ1v) is 11.4. The van der Waals surface area contributed by atoms with Crippen LogP contribution in [-0.2, 0) is 14.3 Å². The van der Waals surface area contributed by atoms with Gasteiger partial charge in [0.05, 0.1) is 12.5 Å². The number of fused-ring (bicyclic) bond motifs is 1. The van der Waals surface area contributed by atoms with Gasteiger partial charge >= 0.3 is 5.97 Å². The molecule has 182 valence electrons. The number of amides is 1. The highest BCUT2D eigenvalue weighted by Gasteiger charge is 2.23. The van der Waals surface area contributed by atoms with E-state index in [1.165, 1.54) is 6.92 Å². The average molecular weight is 497 g/mol. The van der Waals surface area contributed by atoms with Gasteiger partial charge in [-0.05, 0) is 43.7 Å². The molecule has 1 N–H and O–H groups in total. The third-order valence-electron chi connectivity index (χ3n) is 5.74. The molecule has 1 amide bonds. The maximum atomic E-state index is 12.9. The maximum Gasteiger partial charge on any atom is 0.308 e. The van der Waals surface area contributed by atoms with E-state index in [1.807, 2.05) is 36.6 Å². The monoisotopic (exact) mass is 496 g/mol. The smallest absolute Gasteiger partial charge is 0.308 e. The van der Waals surface area contributed by atoms with Gasteiger partial charge in [0.25, 0.3) is 0 Å². The predicted molar refractivity (Wildman–Crippen MR) is 129 cm³/mol. The zero-order chi connectivity index (χ0) is 25.1. The molecule has 2 aromatic carbocycles. The van der Waals surface area contributed by atoms with E-state index in [0.717, 1.165) is 17.1 Å². The Labute approximate surface area is 207 Å². The summed E-state index contributed by atoms with van der Waals surface area (Å²) in [5, 5.41) is 3.13. The second kappa shape index (κ2) is 10.2. The van der Waals surface area contributed by atoms with Crippen LogP contribution in [0.4, 0.5) is 0 Å². The molecule has 1 aliphatic rings. The number of ketones is 1. The van der Waals surface area contributed by atoms with Gasteiger partial charge in [-0.2, -0.15) is 0 Å². The highest BCUT2D eigenvalue weighted by Crippen LogP contribution is 2.35. The number of nitrogens with one attached hydrogen (secondary N) is 1. The fourth-order valence-electron chi connectivity index (χ4n) is 4.16. The van der Waals surface area contributed by atoms with E-state index in [0.29, 0.717) is 27.6 Å². The van der Waals surface area contributed by atoms with Crippen LogP contribution in [0.25, 0.3) is 5.69 Å². The molecule has 1 atom stereocenters. The number of Topliss-reactive ketones (excluding diaryl/α,β-unsaturated/α-hetero) is 1. The number of carbonyl (C=O) groups is 3. The standard InChI is InChI=1S/C26H25ClN2O6/c1-15-10-20(16(2)29(15)18-8-9-24-25(11-18)35-14-34-24)23(31)13-33-26(32)12-22(28-17(3)30)19-6-4-5-7-21(19)27/h4-11,22H,12-14H2,1-3H3,(H,28,30)/t22-/m0/s1. The molecule has 0 radical (unpaired) electrons. The van der Waals surface area contributed by atoms with Gasteiger partial charge in [-0.25, -0.2) is 0 Å². The highest BCUT2D eigenvalue weighted by molar-refractivity contribution is 6.31. The Morgan fingerprint density at radius 1 is 1.09 bits per heavy atom. The molecule has 0 saturated carbocycles. The second-order valence-corrected chi connectivity index (χ2v) is 8.63. The minimum absolute atomic E-state index is 0.160. The molecule has 9 heteroatoms. The predicted octanol–water partition coefficient (Wildman–Crippen LogP) is 4.47. The Morgan fingerprint density at radius 3 is 2.57 bits per heavy atom. The number of ether oxygens (including phenoxy) is 3. The lowest BCUT2D eigenvalue weighted by Gasteiger charge is -2.18. The molecule has 0 aliphatic carbocycles. The lowest BCUT2D eigenvalue weighted by Crippen LogP contribution is -2.29. The van der Waals surface area contributed by atoms with Gasteiger partial charge in [-0.15, -0.1) is 0 Å². The van der Waals surface area contributed by atoms with Gasteiger partial charge in [0.1, 0.15) is 0 Å². The lowest BCUT2D eigenvalue weighted by molar-refractivity contribution is -0.143. The number of aryl methyl sites for hydroxylation is 1. The molecule has 35 heavy (non-hydrogen) atoms. The molecule has 0 unspecified atom stereocenters. The highest BCUT2D eigenvalue weighted by atomic mass is 35.5. The number of nitrogens with zero attached hydrogens (tertiary/aromatic N) is 1. The molecule has 0 saturated heterocycles. The first kappa shape index (κ1) is 24.3. The van der Waals surface area contributed by atoms with Crippen LogP contribution in [0.5, 0.6) is 11.5 Å². The van der Waals surface area contributed by atoms with Gasteiger partial charge in [0.15, 0.2) is 18.1 Å². The second-order valence-electron chi connectivity index (χ2n) is 8.22. The fourth-order valence-corrected chi connectivity index (χ4v) is 4.43. The minimum Gasteiger partial charge on any atom is -0.457 e. The quantitative estimate of drug-likeness (QED) is 0.365. The van der Waals surface area contributed by atoms with Crippen molar-refractivity contribution >= 4 is 29.3 Å². The summed E-state index contributed by atoms with van der Waals surface area (Å²) in [7, 11) is 0. The molecule has 3 aromatic rings. The van der Waals surface area contributed by atoms with Crippen molar-refractivity contribution in [1.29, 1.82) is 0 Å². The number of carbonyl (C=O) groups excluding carboxylic acids is 3. The van der Waals surface area contributed by atoms with Crippen LogP contribution in [0.15, 0.2) is 48.5 Å². The number of hydrogen-bond acceptors (Lipinski definition) is 6. The Balaban J connectivity index is 1.44. The molecular formula is C26H25ClN2O6. The number of hydrogen-bond donors (Lipinski definition) is 1. The largest absolute Gasteiger partial charge is 0.457 e. The van der Waals surface area contributed by atoms with Crippen LogP contribution >= 0.6 is 11.6 Å². The van der Waals surface area contributed by atoms with Crippen LogP contribution in [0.3, 0.4) is 0 Å². The lowest BCUT2D eigenvalue weighted by atomic mass is 10.0. The van der Waals surface area contributed by atoms with Crippen molar-refractivity contribution in [2.75, 3.05) is 13.4 Å². The summed E-state index contributed by atoms with van der Waals surface area (Å²) in [6, 6.07) is 13.6. The Kier molecular flexibility index (Phi) is 7.12. The summed E-state index contributed by atoms with van der Waals surface area (Å²) in [6.45, 7) is 4.84. The summed E-state index contributed by atoms with van der Waals surface area (Å²) < 4.78 is 18.0. The van der Waals surface area contributed by atoms with Crippen molar-refractivity contribution in [1.82, 2.24) is 9.88 Å². The molecule has 0 bridgehead atoms. The summed E-state index contributed by atoms with van der Waals surface area (Å²) in [4.78, 5) is 37.1. The van der Waals surface area contributed by atoms with Crippen LogP contribution in [0.2, 0.25) is 5.02 Å². The van der Waals surface area contributed by atoms with Gasteiger partial charge < -0.3 is 24.1 Å². The van der Waals surface area contributed by atoms with Crippen LogP contribution in [0, 0.1) is 13.8 Å². The fraction of sp³-hybridized carbons (Fsp3) is 0.269. The Hall–Kier alpha value is -3.78. The summed E-state index contributed by atoms with van der Waals surface area (Å²) in [5.74, 6) is 0.0569. The third kappa shape index (κ3) is 5.33. The molecule has 8 nitrogen and oxygen atoms in total. The number of halogens is 1. The van der Waals surface area contributed by atoms with Crippen molar-refractivity contribution in [3.63, 3.8) is 0 Å². The van der Waals surface area contributed by atoms with E-state index in [1.54, 1.807) is 30.3 Å². The minimum atomic E-state index is -0.667. The van der Waals surface area contributed by atoms with E-state index in [4.69, 9.17) is 25.8 Å². The van der Waals surface area contributed by atoms with E-state index < -0.39 is 18.6 Å².